The van der Waals surface area contributed by atoms with E-state index < -0.39 is 0 Å². The summed E-state index contributed by atoms with van der Waals surface area (Å²) in [6, 6.07) is 3.89. The van der Waals surface area contributed by atoms with Crippen LogP contribution in [0, 0.1) is 5.92 Å². The van der Waals surface area contributed by atoms with Crippen LogP contribution in [-0.2, 0) is 0 Å². The molecule has 0 aliphatic rings. The molecule has 0 radical (unpaired) electrons. The van der Waals surface area contributed by atoms with Crippen molar-refractivity contribution in [3.63, 3.8) is 0 Å². The molecule has 20 heavy (non-hydrogen) atoms. The van der Waals surface area contributed by atoms with Crippen LogP contribution in [0.25, 0.3) is 0 Å². The quantitative estimate of drug-likeness (QED) is 0.638. The Kier molecular flexibility index (Phi) is 6.91. The molecule has 0 unspecified atom stereocenters. The standard InChI is InChI=1S/C16H25NO3/c1-12(2)7-5-3-4-6-8-17-16(20)13-9-14(18)11-15(19)10-13/h9-12,18-19H,3-8H2,1-2H3,(H,17,20). The Morgan fingerprint density at radius 2 is 1.65 bits per heavy atom. The number of nitrogens with one attached hydrogen (secondary N) is 1. The third-order valence-corrected chi connectivity index (χ3v) is 3.16. The predicted molar refractivity (Wildman–Crippen MR) is 80.0 cm³/mol. The van der Waals surface area contributed by atoms with Gasteiger partial charge < -0.3 is 15.5 Å². The molecule has 0 atom stereocenters. The average Bonchev–Trinajstić information content (AvgIpc) is 2.35. The van der Waals surface area contributed by atoms with Crippen molar-refractivity contribution in [1.29, 1.82) is 0 Å². The normalized spacial score (nSPS) is 10.8. The third-order valence-electron chi connectivity index (χ3n) is 3.16. The third kappa shape index (κ3) is 6.45. The van der Waals surface area contributed by atoms with Gasteiger partial charge in [-0.1, -0.05) is 39.5 Å². The van der Waals surface area contributed by atoms with Crippen LogP contribution in [0.4, 0.5) is 0 Å². The van der Waals surface area contributed by atoms with E-state index in [9.17, 15) is 15.0 Å². The summed E-state index contributed by atoms with van der Waals surface area (Å²) >= 11 is 0. The lowest BCUT2D eigenvalue weighted by atomic mass is 10.0. The van der Waals surface area contributed by atoms with Crippen LogP contribution in [0.5, 0.6) is 11.5 Å². The molecule has 112 valence electrons. The average molecular weight is 279 g/mol. The van der Waals surface area contributed by atoms with Gasteiger partial charge in [-0.3, -0.25) is 4.79 Å². The van der Waals surface area contributed by atoms with Crippen molar-refractivity contribution in [2.45, 2.75) is 46.0 Å². The molecule has 0 aliphatic carbocycles. The van der Waals surface area contributed by atoms with E-state index >= 15 is 0 Å². The van der Waals surface area contributed by atoms with E-state index in [4.69, 9.17) is 0 Å². The molecule has 4 heteroatoms. The highest BCUT2D eigenvalue weighted by atomic mass is 16.3. The van der Waals surface area contributed by atoms with E-state index in [1.54, 1.807) is 0 Å². The number of unbranched alkanes of at least 4 members (excludes halogenated alkanes) is 3. The zero-order valence-corrected chi connectivity index (χ0v) is 12.4. The summed E-state index contributed by atoms with van der Waals surface area (Å²) < 4.78 is 0. The lowest BCUT2D eigenvalue weighted by Gasteiger charge is -2.07. The first-order chi connectivity index (χ1) is 9.49. The minimum atomic E-state index is -0.265. The summed E-state index contributed by atoms with van der Waals surface area (Å²) in [5.41, 5.74) is 0.280. The Morgan fingerprint density at radius 3 is 2.25 bits per heavy atom. The Morgan fingerprint density at radius 1 is 1.05 bits per heavy atom. The number of hydrogen-bond donors (Lipinski definition) is 3. The minimum absolute atomic E-state index is 0.108. The van der Waals surface area contributed by atoms with Crippen molar-refractivity contribution in [3.05, 3.63) is 23.8 Å². The molecular formula is C16H25NO3. The Labute approximate surface area is 120 Å². The second-order valence-corrected chi connectivity index (χ2v) is 5.59. The number of phenolic OH excluding ortho intramolecular Hbond substituents is 2. The predicted octanol–water partition coefficient (Wildman–Crippen LogP) is 3.43. The van der Waals surface area contributed by atoms with Crippen LogP contribution in [-0.4, -0.2) is 22.7 Å². The van der Waals surface area contributed by atoms with E-state index in [0.717, 1.165) is 18.8 Å². The van der Waals surface area contributed by atoms with Crippen LogP contribution >= 0.6 is 0 Å². The summed E-state index contributed by atoms with van der Waals surface area (Å²) in [5, 5.41) is 21.4. The minimum Gasteiger partial charge on any atom is -0.508 e. The van der Waals surface area contributed by atoms with Crippen LogP contribution in [0.1, 0.15) is 56.3 Å². The van der Waals surface area contributed by atoms with E-state index in [-0.39, 0.29) is 23.0 Å². The molecule has 0 saturated carbocycles. The van der Waals surface area contributed by atoms with E-state index in [1.807, 2.05) is 0 Å². The van der Waals surface area contributed by atoms with Crippen molar-refractivity contribution < 1.29 is 15.0 Å². The van der Waals surface area contributed by atoms with Gasteiger partial charge in [0.05, 0.1) is 0 Å². The summed E-state index contributed by atoms with van der Waals surface area (Å²) in [4.78, 5) is 11.8. The van der Waals surface area contributed by atoms with Gasteiger partial charge in [0, 0.05) is 18.2 Å². The van der Waals surface area contributed by atoms with Gasteiger partial charge in [0.15, 0.2) is 0 Å². The van der Waals surface area contributed by atoms with E-state index in [2.05, 4.69) is 19.2 Å². The first-order valence-corrected chi connectivity index (χ1v) is 7.30. The van der Waals surface area contributed by atoms with Gasteiger partial charge in [-0.05, 0) is 24.5 Å². The monoisotopic (exact) mass is 279 g/mol. The summed E-state index contributed by atoms with van der Waals surface area (Å²) in [6.45, 7) is 5.08. The number of aromatic hydroxyl groups is 2. The highest BCUT2D eigenvalue weighted by molar-refractivity contribution is 5.94. The molecular weight excluding hydrogens is 254 g/mol. The molecule has 0 bridgehead atoms. The van der Waals surface area contributed by atoms with E-state index in [0.29, 0.717) is 6.54 Å². The first-order valence-electron chi connectivity index (χ1n) is 7.30. The maximum atomic E-state index is 11.8. The van der Waals surface area contributed by atoms with Gasteiger partial charge >= 0.3 is 0 Å². The number of carbonyl (C=O) groups excluding carboxylic acids is 1. The molecule has 0 aliphatic heterocycles. The maximum absolute atomic E-state index is 11.8. The molecule has 3 N–H and O–H groups in total. The highest BCUT2D eigenvalue weighted by Crippen LogP contribution is 2.20. The fourth-order valence-corrected chi connectivity index (χ4v) is 2.06. The Balaban J connectivity index is 2.20. The summed E-state index contributed by atoms with van der Waals surface area (Å²) in [6.07, 6.45) is 5.76. The van der Waals surface area contributed by atoms with Crippen molar-refractivity contribution >= 4 is 5.91 Å². The topological polar surface area (TPSA) is 69.6 Å². The molecule has 1 amide bonds. The van der Waals surface area contributed by atoms with Crippen molar-refractivity contribution in [1.82, 2.24) is 5.32 Å². The summed E-state index contributed by atoms with van der Waals surface area (Å²) in [7, 11) is 0. The maximum Gasteiger partial charge on any atom is 0.251 e. The molecule has 0 fully saturated rings. The molecule has 1 aromatic rings. The van der Waals surface area contributed by atoms with Gasteiger partial charge in [0.25, 0.3) is 5.91 Å². The second kappa shape index (κ2) is 8.46. The zero-order valence-electron chi connectivity index (χ0n) is 12.4. The fourth-order valence-electron chi connectivity index (χ4n) is 2.06. The van der Waals surface area contributed by atoms with Gasteiger partial charge in [0.1, 0.15) is 11.5 Å². The van der Waals surface area contributed by atoms with Crippen molar-refractivity contribution in [3.8, 4) is 11.5 Å². The fraction of sp³-hybridized carbons (Fsp3) is 0.562. The number of benzene rings is 1. The molecule has 1 aromatic carbocycles. The molecule has 0 heterocycles. The molecule has 4 nitrogen and oxygen atoms in total. The number of hydrogen-bond acceptors (Lipinski definition) is 3. The second-order valence-electron chi connectivity index (χ2n) is 5.59. The number of carbonyl (C=O) groups is 1. The molecule has 0 spiro atoms. The molecule has 0 saturated heterocycles. The number of phenols is 2. The van der Waals surface area contributed by atoms with Crippen LogP contribution < -0.4 is 5.32 Å². The number of amides is 1. The van der Waals surface area contributed by atoms with Crippen molar-refractivity contribution in [2.24, 2.45) is 5.92 Å². The Bertz CT molecular complexity index is 409. The summed E-state index contributed by atoms with van der Waals surface area (Å²) in [5.74, 6) is 0.277. The highest BCUT2D eigenvalue weighted by Gasteiger charge is 2.07. The van der Waals surface area contributed by atoms with Gasteiger partial charge in [-0.2, -0.15) is 0 Å². The number of rotatable bonds is 8. The van der Waals surface area contributed by atoms with Gasteiger partial charge in [-0.15, -0.1) is 0 Å². The van der Waals surface area contributed by atoms with Crippen molar-refractivity contribution in [2.75, 3.05) is 6.54 Å². The molecule has 0 aromatic heterocycles. The van der Waals surface area contributed by atoms with Crippen LogP contribution in [0.15, 0.2) is 18.2 Å². The van der Waals surface area contributed by atoms with Gasteiger partial charge in [0.2, 0.25) is 0 Å². The van der Waals surface area contributed by atoms with Crippen LogP contribution in [0.2, 0.25) is 0 Å². The molecule has 1 rings (SSSR count). The zero-order chi connectivity index (χ0) is 15.0. The van der Waals surface area contributed by atoms with Gasteiger partial charge in [-0.25, -0.2) is 0 Å². The Hall–Kier alpha value is -1.71. The lowest BCUT2D eigenvalue weighted by molar-refractivity contribution is 0.0952. The smallest absolute Gasteiger partial charge is 0.251 e. The largest absolute Gasteiger partial charge is 0.508 e. The van der Waals surface area contributed by atoms with Crippen LogP contribution in [0.3, 0.4) is 0 Å². The lowest BCUT2D eigenvalue weighted by Crippen LogP contribution is -2.24. The SMILES string of the molecule is CC(C)CCCCCCNC(=O)c1cc(O)cc(O)c1. The van der Waals surface area contributed by atoms with E-state index in [1.165, 1.54) is 37.5 Å². The first kappa shape index (κ1) is 16.3.